The van der Waals surface area contributed by atoms with Crippen LogP contribution in [-0.2, 0) is 29.1 Å². The Labute approximate surface area is 249 Å². The second kappa shape index (κ2) is 15.3. The molecule has 0 saturated carbocycles. The van der Waals surface area contributed by atoms with Gasteiger partial charge in [-0.25, -0.2) is 0 Å². The molecule has 1 amide bonds. The third kappa shape index (κ3) is 9.26. The Morgan fingerprint density at radius 3 is 2.12 bits per heavy atom. The van der Waals surface area contributed by atoms with Crippen LogP contribution in [0.5, 0.6) is 0 Å². The zero-order chi connectivity index (χ0) is 29.9. The first-order valence-corrected chi connectivity index (χ1v) is 14.8. The number of piperazine rings is 1. The largest absolute Gasteiger partial charge is 0.384 e. The van der Waals surface area contributed by atoms with Crippen molar-refractivity contribution in [3.8, 4) is 0 Å². The molecule has 0 spiro atoms. The minimum atomic E-state index is -0.446. The van der Waals surface area contributed by atoms with Gasteiger partial charge in [-0.3, -0.25) is 15.0 Å². The fraction of sp³-hybridized carbons (Fsp3) is 0.382. The number of hydrogen-bond acceptors (Lipinski definition) is 6. The van der Waals surface area contributed by atoms with E-state index in [4.69, 9.17) is 11.1 Å². The second-order valence-electron chi connectivity index (χ2n) is 11.3. The van der Waals surface area contributed by atoms with Gasteiger partial charge in [0.05, 0.1) is 6.04 Å². The first-order chi connectivity index (χ1) is 20.3. The zero-order valence-corrected chi connectivity index (χ0v) is 24.8. The lowest BCUT2D eigenvalue weighted by Crippen LogP contribution is -2.44. The molecule has 1 heterocycles. The maximum atomic E-state index is 13.5. The predicted octanol–water partition coefficient (Wildman–Crippen LogP) is 3.73. The molecule has 2 atom stereocenters. The number of amides is 1. The zero-order valence-electron chi connectivity index (χ0n) is 24.8. The Hall–Kier alpha value is -4.01. The van der Waals surface area contributed by atoms with Gasteiger partial charge in [0.2, 0.25) is 5.91 Å². The second-order valence-corrected chi connectivity index (χ2v) is 11.3. The fourth-order valence-electron chi connectivity index (χ4n) is 5.17. The van der Waals surface area contributed by atoms with Gasteiger partial charge < -0.3 is 26.2 Å². The lowest BCUT2D eigenvalue weighted by molar-refractivity contribution is -0.129. The number of nitrogens with two attached hydrogens (primary N) is 1. The molecule has 3 aromatic rings. The number of carbonyl (C=O) groups excluding carboxylic acids is 2. The number of likely N-dealkylation sites (N-methyl/N-ethyl adjacent to an activating group) is 1. The van der Waals surface area contributed by atoms with Gasteiger partial charge in [0, 0.05) is 62.9 Å². The number of Topliss-reactive ketones (excluding diaryl/α,β-unsaturated/α-hetero) is 1. The molecule has 5 N–H and O–H groups in total. The molecule has 1 aliphatic rings. The molecule has 1 fully saturated rings. The standard InChI is InChI=1S/C34H44N6O2/c1-25(34(42)38-24-27-8-13-29(14-9-27)33(35)36)22-32(41)31(17-12-26-6-4-3-5-7-26)37-23-28-10-15-30(16-11-28)40-20-18-39(2)19-21-40/h3-11,13-16,25,31,37H,12,17-24H2,1-2H3,(H3,35,36)(H,38,42)/t25-,31-/m1/s1. The predicted molar refractivity (Wildman–Crippen MR) is 170 cm³/mol. The summed E-state index contributed by atoms with van der Waals surface area (Å²) in [4.78, 5) is 31.1. The van der Waals surface area contributed by atoms with E-state index in [1.165, 1.54) is 11.3 Å². The molecule has 0 aliphatic carbocycles. The highest BCUT2D eigenvalue weighted by atomic mass is 16.2. The maximum absolute atomic E-state index is 13.5. The molecule has 42 heavy (non-hydrogen) atoms. The van der Waals surface area contributed by atoms with E-state index in [9.17, 15) is 9.59 Å². The first-order valence-electron chi connectivity index (χ1n) is 14.8. The SMILES string of the molecule is C[C@H](CC(=O)[C@@H](CCc1ccccc1)NCc1ccc(N2CCN(C)CC2)cc1)C(=O)NCc1ccc(C(=N)N)cc1. The minimum Gasteiger partial charge on any atom is -0.384 e. The van der Waals surface area contributed by atoms with Crippen molar-refractivity contribution in [3.05, 3.63) is 101 Å². The van der Waals surface area contributed by atoms with E-state index < -0.39 is 5.92 Å². The fourth-order valence-corrected chi connectivity index (χ4v) is 5.17. The molecule has 8 nitrogen and oxygen atoms in total. The highest BCUT2D eigenvalue weighted by Gasteiger charge is 2.24. The number of nitrogens with one attached hydrogen (secondary N) is 3. The molecule has 3 aromatic carbocycles. The lowest BCUT2D eigenvalue weighted by atomic mass is 9.95. The van der Waals surface area contributed by atoms with Crippen molar-refractivity contribution in [1.29, 1.82) is 5.41 Å². The smallest absolute Gasteiger partial charge is 0.223 e. The highest BCUT2D eigenvalue weighted by Crippen LogP contribution is 2.18. The third-order valence-corrected chi connectivity index (χ3v) is 8.00. The highest BCUT2D eigenvalue weighted by molar-refractivity contribution is 5.95. The van der Waals surface area contributed by atoms with Crippen LogP contribution in [0.2, 0.25) is 0 Å². The van der Waals surface area contributed by atoms with Gasteiger partial charge in [0.15, 0.2) is 5.78 Å². The minimum absolute atomic E-state index is 0.0100. The van der Waals surface area contributed by atoms with Crippen molar-refractivity contribution < 1.29 is 9.59 Å². The summed E-state index contributed by atoms with van der Waals surface area (Å²) in [6.45, 7) is 6.94. The van der Waals surface area contributed by atoms with Crippen LogP contribution in [-0.4, -0.2) is 61.7 Å². The number of nitrogen functional groups attached to an aromatic ring is 1. The van der Waals surface area contributed by atoms with Crippen molar-refractivity contribution in [2.24, 2.45) is 11.7 Å². The maximum Gasteiger partial charge on any atom is 0.223 e. The summed E-state index contributed by atoms with van der Waals surface area (Å²) < 4.78 is 0. The van der Waals surface area contributed by atoms with Gasteiger partial charge in [-0.15, -0.1) is 0 Å². The normalized spacial score (nSPS) is 15.1. The molecule has 0 radical (unpaired) electrons. The summed E-state index contributed by atoms with van der Waals surface area (Å²) in [5.74, 6) is -0.539. The molecular formula is C34H44N6O2. The Morgan fingerprint density at radius 2 is 1.48 bits per heavy atom. The number of amidine groups is 1. The van der Waals surface area contributed by atoms with Crippen molar-refractivity contribution >= 4 is 23.2 Å². The molecule has 0 bridgehead atoms. The first kappa shape index (κ1) is 30.9. The van der Waals surface area contributed by atoms with Crippen LogP contribution in [0.3, 0.4) is 0 Å². The number of carbonyl (C=O) groups is 2. The average molecular weight is 569 g/mol. The summed E-state index contributed by atoms with van der Waals surface area (Å²) >= 11 is 0. The van der Waals surface area contributed by atoms with Gasteiger partial charge in [-0.2, -0.15) is 0 Å². The quantitative estimate of drug-likeness (QED) is 0.174. The average Bonchev–Trinajstić information content (AvgIpc) is 3.01. The summed E-state index contributed by atoms with van der Waals surface area (Å²) in [5.41, 5.74) is 10.6. The molecule has 8 heteroatoms. The molecule has 0 aromatic heterocycles. The van der Waals surface area contributed by atoms with Gasteiger partial charge >= 0.3 is 0 Å². The van der Waals surface area contributed by atoms with E-state index >= 15 is 0 Å². The Kier molecular flexibility index (Phi) is 11.3. The molecule has 0 unspecified atom stereocenters. The Balaban J connectivity index is 1.32. The molecule has 4 rings (SSSR count). The topological polar surface area (TPSA) is 115 Å². The summed E-state index contributed by atoms with van der Waals surface area (Å²) in [5, 5.41) is 13.9. The van der Waals surface area contributed by atoms with Crippen molar-refractivity contribution in [1.82, 2.24) is 15.5 Å². The van der Waals surface area contributed by atoms with Crippen molar-refractivity contribution in [2.75, 3.05) is 38.1 Å². The van der Waals surface area contributed by atoms with Crippen LogP contribution in [0.4, 0.5) is 5.69 Å². The summed E-state index contributed by atoms with van der Waals surface area (Å²) in [6.07, 6.45) is 1.62. The van der Waals surface area contributed by atoms with Gasteiger partial charge in [0.25, 0.3) is 0 Å². The number of aryl methyl sites for hydroxylation is 1. The van der Waals surface area contributed by atoms with Crippen molar-refractivity contribution in [3.63, 3.8) is 0 Å². The van der Waals surface area contributed by atoms with Crippen molar-refractivity contribution in [2.45, 2.75) is 45.3 Å². The van der Waals surface area contributed by atoms with E-state index in [1.807, 2.05) is 30.3 Å². The van der Waals surface area contributed by atoms with Gasteiger partial charge in [0.1, 0.15) is 5.84 Å². The van der Waals surface area contributed by atoms with E-state index in [1.54, 1.807) is 19.1 Å². The van der Waals surface area contributed by atoms with E-state index in [0.717, 1.165) is 43.7 Å². The Morgan fingerprint density at radius 1 is 0.857 bits per heavy atom. The van der Waals surface area contributed by atoms with Crippen LogP contribution >= 0.6 is 0 Å². The van der Waals surface area contributed by atoms with Crippen LogP contribution < -0.4 is 21.3 Å². The van der Waals surface area contributed by atoms with Gasteiger partial charge in [-0.05, 0) is 48.7 Å². The number of benzene rings is 3. The number of nitrogens with zero attached hydrogens (tertiary/aromatic N) is 2. The number of rotatable bonds is 14. The summed E-state index contributed by atoms with van der Waals surface area (Å²) in [6, 6.07) is 25.7. The monoisotopic (exact) mass is 568 g/mol. The third-order valence-electron chi connectivity index (χ3n) is 8.00. The summed E-state index contributed by atoms with van der Waals surface area (Å²) in [7, 11) is 2.16. The molecular weight excluding hydrogens is 524 g/mol. The van der Waals surface area contributed by atoms with E-state index in [0.29, 0.717) is 25.1 Å². The molecule has 222 valence electrons. The number of ketones is 1. The number of anilines is 1. The number of hydrogen-bond donors (Lipinski definition) is 4. The molecule has 1 saturated heterocycles. The lowest BCUT2D eigenvalue weighted by Gasteiger charge is -2.34. The van der Waals surface area contributed by atoms with Gasteiger partial charge in [-0.1, -0.05) is 73.7 Å². The van der Waals surface area contributed by atoms with Crippen LogP contribution in [0.15, 0.2) is 78.9 Å². The Bertz CT molecular complexity index is 1300. The van der Waals surface area contributed by atoms with E-state index in [2.05, 4.69) is 63.9 Å². The van der Waals surface area contributed by atoms with E-state index in [-0.39, 0.29) is 30.0 Å². The van der Waals surface area contributed by atoms with Crippen LogP contribution in [0, 0.1) is 11.3 Å². The molecule has 1 aliphatic heterocycles. The van der Waals surface area contributed by atoms with Crippen LogP contribution in [0.25, 0.3) is 0 Å². The van der Waals surface area contributed by atoms with Crippen LogP contribution in [0.1, 0.15) is 42.0 Å².